The standard InChI is InChI=1S/C21H21F3N4O4S/c1-30-8-17-13-9-33-20(25)28-21(13,10-31-17)12-4-11(2-3-14(12)22)5-16(29)15-6-27-18(7-26-15)32-19(23)24/h2-4,6-7,13,17,19H,5,8-10H2,1H3,(H2,25,28)/t13-,17-,21-/m1/s1. The number of ether oxygens (including phenoxy) is 3. The molecule has 1 fully saturated rings. The van der Waals surface area contributed by atoms with Crippen LogP contribution in [0.2, 0.25) is 0 Å². The summed E-state index contributed by atoms with van der Waals surface area (Å²) in [6.07, 6.45) is 1.63. The molecule has 3 atom stereocenters. The molecule has 1 saturated heterocycles. The van der Waals surface area contributed by atoms with Crippen molar-refractivity contribution in [3.8, 4) is 5.88 Å². The number of fused-ring (bicyclic) bond motifs is 1. The highest BCUT2D eigenvalue weighted by Gasteiger charge is 2.54. The Hall–Kier alpha value is -2.70. The van der Waals surface area contributed by atoms with Gasteiger partial charge in [0.05, 0.1) is 31.7 Å². The van der Waals surface area contributed by atoms with Crippen LogP contribution in [0.3, 0.4) is 0 Å². The van der Waals surface area contributed by atoms with Gasteiger partial charge in [0.15, 0.2) is 11.0 Å². The zero-order valence-corrected chi connectivity index (χ0v) is 18.4. The molecule has 0 amide bonds. The summed E-state index contributed by atoms with van der Waals surface area (Å²) in [6.45, 7) is -2.57. The summed E-state index contributed by atoms with van der Waals surface area (Å²) in [7, 11) is 1.57. The lowest BCUT2D eigenvalue weighted by Gasteiger charge is -2.36. The molecular formula is C21H21F3N4O4S. The van der Waals surface area contributed by atoms with Gasteiger partial charge in [-0.2, -0.15) is 8.78 Å². The molecule has 1 aromatic heterocycles. The molecule has 8 nitrogen and oxygen atoms in total. The largest absolute Gasteiger partial charge is 0.415 e. The molecule has 0 bridgehead atoms. The number of hydrogen-bond acceptors (Lipinski definition) is 9. The number of hydrogen-bond donors (Lipinski definition) is 1. The van der Waals surface area contributed by atoms with E-state index in [2.05, 4.69) is 19.7 Å². The first kappa shape index (κ1) is 23.5. The van der Waals surface area contributed by atoms with E-state index in [0.29, 0.717) is 28.7 Å². The van der Waals surface area contributed by atoms with Crippen molar-refractivity contribution in [1.82, 2.24) is 9.97 Å². The molecule has 0 aliphatic carbocycles. The first-order valence-corrected chi connectivity index (χ1v) is 11.0. The van der Waals surface area contributed by atoms with E-state index in [1.54, 1.807) is 13.2 Å². The summed E-state index contributed by atoms with van der Waals surface area (Å²) in [5.41, 5.74) is 5.78. The van der Waals surface area contributed by atoms with E-state index in [1.807, 2.05) is 0 Å². The molecule has 2 aliphatic heterocycles. The lowest BCUT2D eigenvalue weighted by atomic mass is 9.78. The van der Waals surface area contributed by atoms with Crippen molar-refractivity contribution in [3.63, 3.8) is 0 Å². The van der Waals surface area contributed by atoms with E-state index in [1.165, 1.54) is 23.9 Å². The lowest BCUT2D eigenvalue weighted by Crippen LogP contribution is -2.43. The number of thioether (sulfide) groups is 1. The number of carbonyl (C=O) groups is 1. The Labute approximate surface area is 191 Å². The minimum absolute atomic E-state index is 0.0285. The molecule has 2 N–H and O–H groups in total. The Morgan fingerprint density at radius 3 is 2.88 bits per heavy atom. The zero-order valence-electron chi connectivity index (χ0n) is 17.5. The quantitative estimate of drug-likeness (QED) is 0.572. The van der Waals surface area contributed by atoms with Crippen molar-refractivity contribution in [1.29, 1.82) is 0 Å². The first-order valence-electron chi connectivity index (χ1n) is 10.00. The first-order chi connectivity index (χ1) is 15.8. The topological polar surface area (TPSA) is 109 Å². The second-order valence-electron chi connectivity index (χ2n) is 7.63. The van der Waals surface area contributed by atoms with Gasteiger partial charge in [0.2, 0.25) is 5.88 Å². The molecule has 2 aliphatic rings. The highest BCUT2D eigenvalue weighted by molar-refractivity contribution is 8.13. The van der Waals surface area contributed by atoms with Gasteiger partial charge in [-0.05, 0) is 17.7 Å². The average molecular weight is 482 g/mol. The summed E-state index contributed by atoms with van der Waals surface area (Å²) in [5.74, 6) is -0.861. The minimum atomic E-state index is -3.04. The van der Waals surface area contributed by atoms with Crippen LogP contribution in [0.4, 0.5) is 13.2 Å². The molecule has 33 heavy (non-hydrogen) atoms. The fraction of sp³-hybridized carbons (Fsp3) is 0.429. The van der Waals surface area contributed by atoms with Gasteiger partial charge in [0.1, 0.15) is 17.1 Å². The Balaban J connectivity index is 1.60. The van der Waals surface area contributed by atoms with Crippen LogP contribution in [-0.2, 0) is 21.4 Å². The van der Waals surface area contributed by atoms with Gasteiger partial charge in [-0.15, -0.1) is 0 Å². The third kappa shape index (κ3) is 4.82. The Kier molecular flexibility index (Phi) is 6.86. The van der Waals surface area contributed by atoms with E-state index < -0.39 is 29.6 Å². The molecule has 2 aromatic rings. The molecule has 12 heteroatoms. The monoisotopic (exact) mass is 482 g/mol. The minimum Gasteiger partial charge on any atom is -0.415 e. The lowest BCUT2D eigenvalue weighted by molar-refractivity contribution is -0.0531. The molecule has 0 unspecified atom stereocenters. The average Bonchev–Trinajstić information content (AvgIpc) is 3.13. The van der Waals surface area contributed by atoms with Crippen molar-refractivity contribution in [2.75, 3.05) is 26.1 Å². The fourth-order valence-electron chi connectivity index (χ4n) is 4.10. The number of benzene rings is 1. The van der Waals surface area contributed by atoms with Crippen LogP contribution in [0, 0.1) is 11.7 Å². The highest BCUT2D eigenvalue weighted by atomic mass is 32.2. The summed E-state index contributed by atoms with van der Waals surface area (Å²) in [6, 6.07) is 4.37. The molecule has 3 heterocycles. The second kappa shape index (κ2) is 9.65. The molecule has 0 spiro atoms. The van der Waals surface area contributed by atoms with Gasteiger partial charge in [0, 0.05) is 30.8 Å². The maximum atomic E-state index is 15.1. The van der Waals surface area contributed by atoms with Crippen molar-refractivity contribution in [2.45, 2.75) is 24.7 Å². The Morgan fingerprint density at radius 2 is 2.18 bits per heavy atom. The van der Waals surface area contributed by atoms with E-state index in [-0.39, 0.29) is 30.7 Å². The smallest absolute Gasteiger partial charge is 0.388 e. The highest BCUT2D eigenvalue weighted by Crippen LogP contribution is 2.48. The van der Waals surface area contributed by atoms with Crippen LogP contribution in [0.1, 0.15) is 21.6 Å². The number of Topliss-reactive ketones (excluding diaryl/α,β-unsaturated/α-hetero) is 1. The maximum Gasteiger partial charge on any atom is 0.388 e. The number of rotatable bonds is 8. The number of methoxy groups -OCH3 is 1. The number of aromatic nitrogens is 2. The van der Waals surface area contributed by atoms with Crippen molar-refractivity contribution >= 4 is 22.7 Å². The Bertz CT molecular complexity index is 1060. The summed E-state index contributed by atoms with van der Waals surface area (Å²) in [4.78, 5) is 24.7. The number of carbonyl (C=O) groups excluding carboxylic acids is 1. The molecule has 0 saturated carbocycles. The van der Waals surface area contributed by atoms with E-state index in [9.17, 15) is 13.6 Å². The van der Waals surface area contributed by atoms with Crippen LogP contribution in [0.25, 0.3) is 0 Å². The van der Waals surface area contributed by atoms with E-state index in [0.717, 1.165) is 12.4 Å². The van der Waals surface area contributed by atoms with Crippen molar-refractivity contribution in [2.24, 2.45) is 16.6 Å². The molecular weight excluding hydrogens is 461 g/mol. The van der Waals surface area contributed by atoms with Gasteiger partial charge >= 0.3 is 6.61 Å². The Morgan fingerprint density at radius 1 is 1.36 bits per heavy atom. The van der Waals surface area contributed by atoms with Crippen LogP contribution in [-0.4, -0.2) is 59.7 Å². The molecule has 0 radical (unpaired) electrons. The molecule has 4 rings (SSSR count). The SMILES string of the molecule is COC[C@H]1OC[C@]2(c3cc(CC(=O)c4cnc(OC(F)F)cn4)ccc3F)N=C(N)SC[C@H]12. The molecule has 1 aromatic carbocycles. The van der Waals surface area contributed by atoms with Gasteiger partial charge in [-0.1, -0.05) is 17.8 Å². The van der Waals surface area contributed by atoms with Gasteiger partial charge in [0.25, 0.3) is 0 Å². The predicted octanol–water partition coefficient (Wildman–Crippen LogP) is 2.56. The van der Waals surface area contributed by atoms with Crippen molar-refractivity contribution in [3.05, 3.63) is 53.2 Å². The predicted molar refractivity (Wildman–Crippen MR) is 114 cm³/mol. The molecule has 176 valence electrons. The van der Waals surface area contributed by atoms with Crippen LogP contribution >= 0.6 is 11.8 Å². The number of halogens is 3. The zero-order chi connectivity index (χ0) is 23.6. The van der Waals surface area contributed by atoms with Gasteiger partial charge in [-0.25, -0.2) is 19.4 Å². The van der Waals surface area contributed by atoms with Gasteiger partial charge < -0.3 is 19.9 Å². The third-order valence-electron chi connectivity index (χ3n) is 5.62. The van der Waals surface area contributed by atoms with Crippen LogP contribution in [0.15, 0.2) is 35.6 Å². The fourth-order valence-corrected chi connectivity index (χ4v) is 5.17. The summed E-state index contributed by atoms with van der Waals surface area (Å²) < 4.78 is 54.9. The summed E-state index contributed by atoms with van der Waals surface area (Å²) in [5, 5.41) is 0.343. The number of aliphatic imine (C=N–C) groups is 1. The maximum absolute atomic E-state index is 15.1. The van der Waals surface area contributed by atoms with E-state index >= 15 is 4.39 Å². The van der Waals surface area contributed by atoms with Gasteiger partial charge in [-0.3, -0.25) is 4.79 Å². The van der Waals surface area contributed by atoms with Crippen LogP contribution in [0.5, 0.6) is 5.88 Å². The number of alkyl halides is 2. The van der Waals surface area contributed by atoms with E-state index in [4.69, 9.17) is 15.2 Å². The number of amidine groups is 1. The second-order valence-corrected chi connectivity index (χ2v) is 8.67. The van der Waals surface area contributed by atoms with Crippen molar-refractivity contribution < 1.29 is 32.2 Å². The normalized spacial score (nSPS) is 24.5. The number of nitrogens with zero attached hydrogens (tertiary/aromatic N) is 3. The third-order valence-corrected chi connectivity index (χ3v) is 6.53. The summed E-state index contributed by atoms with van der Waals surface area (Å²) >= 11 is 1.38. The van der Waals surface area contributed by atoms with Crippen LogP contribution < -0.4 is 10.5 Å². The number of nitrogens with two attached hydrogens (primary N) is 1. The number of ketones is 1.